The molecule has 2 unspecified atom stereocenters. The predicted octanol–water partition coefficient (Wildman–Crippen LogP) is 1.79. The van der Waals surface area contributed by atoms with E-state index in [4.69, 9.17) is 5.73 Å². The Morgan fingerprint density at radius 3 is 1.83 bits per heavy atom. The lowest BCUT2D eigenvalue weighted by Gasteiger charge is -2.19. The molecule has 0 spiro atoms. The maximum absolute atomic E-state index is 11.1. The fourth-order valence-electron chi connectivity index (χ4n) is 2.78. The molecule has 0 radical (unpaired) electrons. The normalized spacial score (nSPS) is 33.1. The Balaban J connectivity index is 2.80. The van der Waals surface area contributed by atoms with Crippen molar-refractivity contribution in [3.63, 3.8) is 0 Å². The largest absolute Gasteiger partial charge is 0.369 e. The van der Waals surface area contributed by atoms with Crippen LogP contribution in [0.1, 0.15) is 34.6 Å². The van der Waals surface area contributed by atoms with E-state index in [9.17, 15) is 4.79 Å². The van der Waals surface area contributed by atoms with E-state index < -0.39 is 0 Å². The second kappa shape index (κ2) is 2.24. The average Bonchev–Trinajstić information content (AvgIpc) is 2.31. The molecule has 1 saturated carbocycles. The molecule has 1 rings (SSSR count). The summed E-state index contributed by atoms with van der Waals surface area (Å²) in [5.74, 6) is 0.389. The molecule has 1 aliphatic carbocycles. The first-order valence-electron chi connectivity index (χ1n) is 4.48. The van der Waals surface area contributed by atoms with Crippen LogP contribution in [0.3, 0.4) is 0 Å². The molecular weight excluding hydrogens is 150 g/mol. The summed E-state index contributed by atoms with van der Waals surface area (Å²) >= 11 is 0. The molecule has 0 heterocycles. The van der Waals surface area contributed by atoms with Crippen molar-refractivity contribution < 1.29 is 4.79 Å². The van der Waals surface area contributed by atoms with Gasteiger partial charge in [0.25, 0.3) is 0 Å². The van der Waals surface area contributed by atoms with E-state index >= 15 is 0 Å². The highest BCUT2D eigenvalue weighted by atomic mass is 16.1. The maximum atomic E-state index is 11.1. The molecular formula is C10H19NO. The van der Waals surface area contributed by atoms with Crippen LogP contribution in [-0.4, -0.2) is 5.91 Å². The fourth-order valence-corrected chi connectivity index (χ4v) is 2.78. The van der Waals surface area contributed by atoms with Crippen molar-refractivity contribution in [2.45, 2.75) is 34.6 Å². The van der Waals surface area contributed by atoms with Gasteiger partial charge < -0.3 is 5.73 Å². The summed E-state index contributed by atoms with van der Waals surface area (Å²) in [6.45, 7) is 10.8. The van der Waals surface area contributed by atoms with Gasteiger partial charge in [0.05, 0.1) is 0 Å². The highest BCUT2D eigenvalue weighted by Gasteiger charge is 2.64. The van der Waals surface area contributed by atoms with E-state index in [-0.39, 0.29) is 22.7 Å². The van der Waals surface area contributed by atoms with Gasteiger partial charge in [-0.15, -0.1) is 0 Å². The lowest BCUT2D eigenvalue weighted by Crippen LogP contribution is -2.19. The molecule has 1 aliphatic rings. The molecule has 12 heavy (non-hydrogen) atoms. The van der Waals surface area contributed by atoms with E-state index in [2.05, 4.69) is 34.6 Å². The highest BCUT2D eigenvalue weighted by molar-refractivity contribution is 5.81. The molecule has 1 fully saturated rings. The van der Waals surface area contributed by atoms with Gasteiger partial charge in [-0.05, 0) is 16.7 Å². The van der Waals surface area contributed by atoms with Crippen LogP contribution in [-0.2, 0) is 4.79 Å². The zero-order chi connectivity index (χ0) is 9.73. The number of carbonyl (C=O) groups excluding carboxylic acids is 1. The molecule has 2 nitrogen and oxygen atoms in total. The number of rotatable bonds is 1. The Hall–Kier alpha value is -0.530. The van der Waals surface area contributed by atoms with Crippen molar-refractivity contribution in [2.75, 3.05) is 0 Å². The van der Waals surface area contributed by atoms with Gasteiger partial charge in [-0.3, -0.25) is 4.79 Å². The van der Waals surface area contributed by atoms with Crippen LogP contribution in [0.4, 0.5) is 0 Å². The summed E-state index contributed by atoms with van der Waals surface area (Å²) in [4.78, 5) is 11.1. The minimum atomic E-state index is -0.139. The van der Waals surface area contributed by atoms with Gasteiger partial charge >= 0.3 is 0 Å². The van der Waals surface area contributed by atoms with Crippen LogP contribution < -0.4 is 5.73 Å². The number of nitrogens with two attached hydrogens (primary N) is 1. The van der Waals surface area contributed by atoms with Crippen molar-refractivity contribution in [3.8, 4) is 0 Å². The molecule has 0 aromatic rings. The van der Waals surface area contributed by atoms with E-state index in [0.29, 0.717) is 5.92 Å². The van der Waals surface area contributed by atoms with Crippen molar-refractivity contribution in [2.24, 2.45) is 28.4 Å². The number of hydrogen-bond acceptors (Lipinski definition) is 1. The van der Waals surface area contributed by atoms with Crippen LogP contribution in [0.2, 0.25) is 0 Å². The third-order valence-electron chi connectivity index (χ3n) is 3.07. The van der Waals surface area contributed by atoms with E-state index in [1.54, 1.807) is 0 Å². The van der Waals surface area contributed by atoms with Gasteiger partial charge in [0.1, 0.15) is 0 Å². The SMILES string of the molecule is CC(C)(C)C1C(C(N)=O)C1(C)C. The Labute approximate surface area is 74.5 Å². The van der Waals surface area contributed by atoms with Crippen molar-refractivity contribution >= 4 is 5.91 Å². The maximum Gasteiger partial charge on any atom is 0.221 e. The molecule has 0 aromatic carbocycles. The van der Waals surface area contributed by atoms with Crippen LogP contribution in [0, 0.1) is 22.7 Å². The molecule has 2 heteroatoms. The predicted molar refractivity (Wildman–Crippen MR) is 49.4 cm³/mol. The minimum absolute atomic E-state index is 0.0810. The Kier molecular flexibility index (Phi) is 1.78. The Bertz CT molecular complexity index is 212. The van der Waals surface area contributed by atoms with Gasteiger partial charge in [0.2, 0.25) is 5.91 Å². The van der Waals surface area contributed by atoms with Crippen LogP contribution in [0.25, 0.3) is 0 Å². The minimum Gasteiger partial charge on any atom is -0.369 e. The molecule has 0 aromatic heterocycles. The van der Waals surface area contributed by atoms with Crippen molar-refractivity contribution in [3.05, 3.63) is 0 Å². The first kappa shape index (κ1) is 9.56. The average molecular weight is 169 g/mol. The third-order valence-corrected chi connectivity index (χ3v) is 3.07. The number of primary amides is 1. The number of amides is 1. The lowest BCUT2D eigenvalue weighted by molar-refractivity contribution is -0.120. The molecule has 0 aliphatic heterocycles. The lowest BCUT2D eigenvalue weighted by atomic mass is 9.85. The van der Waals surface area contributed by atoms with Crippen LogP contribution in [0.15, 0.2) is 0 Å². The summed E-state index contributed by atoms with van der Waals surface area (Å²) < 4.78 is 0. The third kappa shape index (κ3) is 1.23. The fraction of sp³-hybridized carbons (Fsp3) is 0.900. The van der Waals surface area contributed by atoms with Gasteiger partial charge in [-0.25, -0.2) is 0 Å². The van der Waals surface area contributed by atoms with Crippen LogP contribution in [0.5, 0.6) is 0 Å². The molecule has 70 valence electrons. The van der Waals surface area contributed by atoms with Crippen LogP contribution >= 0.6 is 0 Å². The zero-order valence-electron chi connectivity index (χ0n) is 8.64. The summed E-state index contributed by atoms with van der Waals surface area (Å²) in [5.41, 5.74) is 5.63. The van der Waals surface area contributed by atoms with Crippen molar-refractivity contribution in [1.82, 2.24) is 0 Å². The summed E-state index contributed by atoms with van der Waals surface area (Å²) in [6.07, 6.45) is 0. The smallest absolute Gasteiger partial charge is 0.221 e. The first-order chi connectivity index (χ1) is 5.19. The van der Waals surface area contributed by atoms with Gasteiger partial charge in [0, 0.05) is 5.92 Å². The van der Waals surface area contributed by atoms with E-state index in [0.717, 1.165) is 0 Å². The van der Waals surface area contributed by atoms with Gasteiger partial charge in [-0.1, -0.05) is 34.6 Å². The standard InChI is InChI=1S/C10H19NO/c1-9(2,3)7-6(8(11)12)10(7,4)5/h6-7H,1-5H3,(H2,11,12). The molecule has 2 N–H and O–H groups in total. The molecule has 0 bridgehead atoms. The first-order valence-corrected chi connectivity index (χ1v) is 4.48. The second-order valence-electron chi connectivity index (χ2n) is 5.55. The highest BCUT2D eigenvalue weighted by Crippen LogP contribution is 2.65. The monoisotopic (exact) mass is 169 g/mol. The number of carbonyl (C=O) groups is 1. The van der Waals surface area contributed by atoms with Gasteiger partial charge in [0.15, 0.2) is 0 Å². The molecule has 0 saturated heterocycles. The number of hydrogen-bond donors (Lipinski definition) is 1. The zero-order valence-corrected chi connectivity index (χ0v) is 8.64. The van der Waals surface area contributed by atoms with E-state index in [1.807, 2.05) is 0 Å². The summed E-state index contributed by atoms with van der Waals surface area (Å²) in [6, 6.07) is 0. The van der Waals surface area contributed by atoms with Crippen molar-refractivity contribution in [1.29, 1.82) is 0 Å². The molecule has 1 amide bonds. The van der Waals surface area contributed by atoms with Gasteiger partial charge in [-0.2, -0.15) is 0 Å². The Morgan fingerprint density at radius 2 is 1.75 bits per heavy atom. The topological polar surface area (TPSA) is 43.1 Å². The Morgan fingerprint density at radius 1 is 1.33 bits per heavy atom. The summed E-state index contributed by atoms with van der Waals surface area (Å²) in [7, 11) is 0. The molecule has 2 atom stereocenters. The second-order valence-corrected chi connectivity index (χ2v) is 5.55. The van der Waals surface area contributed by atoms with E-state index in [1.165, 1.54) is 0 Å². The quantitative estimate of drug-likeness (QED) is 0.639. The summed E-state index contributed by atoms with van der Waals surface area (Å²) in [5, 5.41) is 0.